The summed E-state index contributed by atoms with van der Waals surface area (Å²) < 4.78 is 15.5. The van der Waals surface area contributed by atoms with Crippen molar-refractivity contribution in [2.24, 2.45) is 0 Å². The SMILES string of the molecule is COCCNC(=O)c1cc2ccc(OC(=O)CCCCCN3C(=O)c4ccccc4C3=O)cc2oc1=O. The maximum absolute atomic E-state index is 12.4. The Bertz CT molecular complexity index is 1380. The number of imide groups is 1. The van der Waals surface area contributed by atoms with E-state index >= 15 is 0 Å². The van der Waals surface area contributed by atoms with Crippen LogP contribution < -0.4 is 15.7 Å². The summed E-state index contributed by atoms with van der Waals surface area (Å²) in [6.07, 6.45) is 1.86. The van der Waals surface area contributed by atoms with Crippen molar-refractivity contribution in [1.29, 1.82) is 0 Å². The smallest absolute Gasteiger partial charge is 0.349 e. The molecule has 0 aliphatic carbocycles. The van der Waals surface area contributed by atoms with Crippen LogP contribution in [0.25, 0.3) is 11.0 Å². The number of carbonyl (C=O) groups excluding carboxylic acids is 4. The number of rotatable bonds is 11. The molecule has 1 aromatic heterocycles. The van der Waals surface area contributed by atoms with Gasteiger partial charge in [-0.3, -0.25) is 24.1 Å². The molecule has 0 saturated carbocycles. The maximum atomic E-state index is 12.4. The Morgan fingerprint density at radius 1 is 0.946 bits per heavy atom. The van der Waals surface area contributed by atoms with Gasteiger partial charge in [-0.05, 0) is 43.2 Å². The molecule has 3 aromatic rings. The lowest BCUT2D eigenvalue weighted by atomic mass is 10.1. The number of ether oxygens (including phenoxy) is 2. The molecule has 0 unspecified atom stereocenters. The fourth-order valence-electron chi connectivity index (χ4n) is 4.02. The number of nitrogens with one attached hydrogen (secondary N) is 1. The van der Waals surface area contributed by atoms with Gasteiger partial charge in [-0.1, -0.05) is 18.6 Å². The lowest BCUT2D eigenvalue weighted by molar-refractivity contribution is -0.134. The van der Waals surface area contributed by atoms with Crippen molar-refractivity contribution in [3.05, 3.63) is 75.6 Å². The number of esters is 1. The molecule has 192 valence electrons. The van der Waals surface area contributed by atoms with E-state index in [1.54, 1.807) is 36.4 Å². The first kappa shape index (κ1) is 25.8. The average Bonchev–Trinajstić information content (AvgIpc) is 3.13. The number of carbonyl (C=O) groups is 4. The molecule has 2 aromatic carbocycles. The van der Waals surface area contributed by atoms with Crippen LogP contribution in [0.5, 0.6) is 5.75 Å². The molecule has 37 heavy (non-hydrogen) atoms. The van der Waals surface area contributed by atoms with Gasteiger partial charge >= 0.3 is 11.6 Å². The molecule has 10 heteroatoms. The van der Waals surface area contributed by atoms with E-state index < -0.39 is 17.5 Å². The third-order valence-electron chi connectivity index (χ3n) is 5.92. The van der Waals surface area contributed by atoms with E-state index in [2.05, 4.69) is 5.32 Å². The fourth-order valence-corrected chi connectivity index (χ4v) is 4.02. The zero-order valence-electron chi connectivity index (χ0n) is 20.3. The highest BCUT2D eigenvalue weighted by atomic mass is 16.5. The largest absolute Gasteiger partial charge is 0.426 e. The van der Waals surface area contributed by atoms with Crippen molar-refractivity contribution in [3.8, 4) is 5.75 Å². The van der Waals surface area contributed by atoms with Crippen molar-refractivity contribution < 1.29 is 33.1 Å². The van der Waals surface area contributed by atoms with Crippen LogP contribution in [0, 0.1) is 0 Å². The number of amides is 3. The maximum Gasteiger partial charge on any atom is 0.349 e. The summed E-state index contributed by atoms with van der Waals surface area (Å²) in [4.78, 5) is 62.7. The van der Waals surface area contributed by atoms with Gasteiger partial charge in [0.2, 0.25) is 0 Å². The van der Waals surface area contributed by atoms with Gasteiger partial charge in [0, 0.05) is 38.1 Å². The summed E-state index contributed by atoms with van der Waals surface area (Å²) in [5.41, 5.74) is 0.0934. The highest BCUT2D eigenvalue weighted by Crippen LogP contribution is 2.23. The van der Waals surface area contributed by atoms with Gasteiger partial charge in [0.25, 0.3) is 17.7 Å². The summed E-state index contributed by atoms with van der Waals surface area (Å²) >= 11 is 0. The van der Waals surface area contributed by atoms with Crippen molar-refractivity contribution in [2.45, 2.75) is 25.7 Å². The van der Waals surface area contributed by atoms with Gasteiger partial charge < -0.3 is 19.2 Å². The Labute approximate surface area is 212 Å². The van der Waals surface area contributed by atoms with Crippen LogP contribution in [0.4, 0.5) is 0 Å². The third kappa shape index (κ3) is 5.92. The molecule has 2 heterocycles. The minimum absolute atomic E-state index is 0.130. The molecule has 3 amide bonds. The lowest BCUT2D eigenvalue weighted by Gasteiger charge is -2.13. The van der Waals surface area contributed by atoms with Crippen LogP contribution in [0.3, 0.4) is 0 Å². The second-order valence-corrected chi connectivity index (χ2v) is 8.49. The molecule has 1 aliphatic heterocycles. The van der Waals surface area contributed by atoms with Gasteiger partial charge in [0.05, 0.1) is 17.7 Å². The Balaban J connectivity index is 1.25. The standard InChI is InChI=1S/C27H26N2O8/c1-35-14-12-28-24(31)21-15-17-10-11-18(16-22(17)37-27(21)34)36-23(30)9-3-2-6-13-29-25(32)19-7-4-5-8-20(19)26(29)33/h4-5,7-8,10-11,15-16H,2-3,6,9,12-14H2,1H3,(H,28,31). The van der Waals surface area contributed by atoms with Crippen LogP contribution in [-0.2, 0) is 9.53 Å². The quantitative estimate of drug-likeness (QED) is 0.138. The monoisotopic (exact) mass is 506 g/mol. The number of unbranched alkanes of at least 4 members (excludes halogenated alkanes) is 2. The summed E-state index contributed by atoms with van der Waals surface area (Å²) in [5, 5.41) is 3.07. The molecule has 0 fully saturated rings. The molecule has 1 N–H and O–H groups in total. The molecule has 10 nitrogen and oxygen atoms in total. The number of methoxy groups -OCH3 is 1. The number of hydrogen-bond donors (Lipinski definition) is 1. The molecule has 1 aliphatic rings. The first-order chi connectivity index (χ1) is 17.9. The molecule has 0 saturated heterocycles. The highest BCUT2D eigenvalue weighted by Gasteiger charge is 2.34. The fraction of sp³-hybridized carbons (Fsp3) is 0.296. The van der Waals surface area contributed by atoms with Gasteiger partial charge in [-0.2, -0.15) is 0 Å². The van der Waals surface area contributed by atoms with Crippen molar-refractivity contribution in [2.75, 3.05) is 26.8 Å². The molecular formula is C27H26N2O8. The van der Waals surface area contributed by atoms with E-state index in [4.69, 9.17) is 13.9 Å². The Kier molecular flexibility index (Phi) is 8.09. The van der Waals surface area contributed by atoms with Crippen molar-refractivity contribution in [3.63, 3.8) is 0 Å². The molecule has 0 spiro atoms. The second kappa shape index (κ2) is 11.6. The summed E-state index contributed by atoms with van der Waals surface area (Å²) in [5.74, 6) is -1.39. The zero-order valence-corrected chi connectivity index (χ0v) is 20.3. The molecule has 0 atom stereocenters. The normalized spacial score (nSPS) is 12.6. The minimum atomic E-state index is -0.802. The Morgan fingerprint density at radius 3 is 2.38 bits per heavy atom. The minimum Gasteiger partial charge on any atom is -0.426 e. The van der Waals surface area contributed by atoms with Crippen molar-refractivity contribution >= 4 is 34.7 Å². The molecular weight excluding hydrogens is 480 g/mol. The molecule has 0 radical (unpaired) electrons. The van der Waals surface area contributed by atoms with Gasteiger partial charge in [-0.25, -0.2) is 4.79 Å². The predicted molar refractivity (Wildman–Crippen MR) is 133 cm³/mol. The van der Waals surface area contributed by atoms with Crippen LogP contribution in [0.15, 0.2) is 57.7 Å². The van der Waals surface area contributed by atoms with E-state index in [0.717, 1.165) is 0 Å². The first-order valence-corrected chi connectivity index (χ1v) is 11.9. The van der Waals surface area contributed by atoms with E-state index in [0.29, 0.717) is 42.4 Å². The summed E-state index contributed by atoms with van der Waals surface area (Å²) in [7, 11) is 1.50. The van der Waals surface area contributed by atoms with Gasteiger partial charge in [0.1, 0.15) is 16.9 Å². The van der Waals surface area contributed by atoms with E-state index in [9.17, 15) is 24.0 Å². The number of benzene rings is 2. The Morgan fingerprint density at radius 2 is 1.68 bits per heavy atom. The topological polar surface area (TPSA) is 132 Å². The van der Waals surface area contributed by atoms with Crippen LogP contribution in [-0.4, -0.2) is 55.4 Å². The van der Waals surface area contributed by atoms with Crippen LogP contribution >= 0.6 is 0 Å². The van der Waals surface area contributed by atoms with E-state index in [1.165, 1.54) is 24.1 Å². The predicted octanol–water partition coefficient (Wildman–Crippen LogP) is 2.93. The third-order valence-corrected chi connectivity index (χ3v) is 5.92. The zero-order chi connectivity index (χ0) is 26.4. The second-order valence-electron chi connectivity index (χ2n) is 8.49. The van der Waals surface area contributed by atoms with Crippen LogP contribution in [0.2, 0.25) is 0 Å². The molecule has 4 rings (SSSR count). The Hall–Kier alpha value is -4.31. The number of hydrogen-bond acceptors (Lipinski definition) is 8. The lowest BCUT2D eigenvalue weighted by Crippen LogP contribution is -2.30. The van der Waals surface area contributed by atoms with E-state index in [-0.39, 0.29) is 48.2 Å². The van der Waals surface area contributed by atoms with E-state index in [1.807, 2.05) is 0 Å². The average molecular weight is 507 g/mol. The van der Waals surface area contributed by atoms with Gasteiger partial charge in [-0.15, -0.1) is 0 Å². The summed E-state index contributed by atoms with van der Waals surface area (Å²) in [6, 6.07) is 12.7. The first-order valence-electron chi connectivity index (χ1n) is 11.9. The molecule has 0 bridgehead atoms. The number of fused-ring (bicyclic) bond motifs is 2. The summed E-state index contributed by atoms with van der Waals surface area (Å²) in [6.45, 7) is 0.855. The van der Waals surface area contributed by atoms with Gasteiger partial charge in [0.15, 0.2) is 0 Å². The van der Waals surface area contributed by atoms with Crippen LogP contribution in [0.1, 0.15) is 56.8 Å². The number of nitrogens with zero attached hydrogens (tertiary/aromatic N) is 1. The highest BCUT2D eigenvalue weighted by molar-refractivity contribution is 6.21. The van der Waals surface area contributed by atoms with Crippen molar-refractivity contribution in [1.82, 2.24) is 10.2 Å².